The number of anilines is 2. The Hall–Kier alpha value is -3.72. The van der Waals surface area contributed by atoms with Gasteiger partial charge in [0.25, 0.3) is 5.91 Å². The van der Waals surface area contributed by atoms with Crippen LogP contribution in [0.3, 0.4) is 0 Å². The Balaban J connectivity index is 1.87. The average molecular weight is 653 g/mol. The van der Waals surface area contributed by atoms with Crippen molar-refractivity contribution in [2.75, 3.05) is 30.5 Å². The van der Waals surface area contributed by atoms with Gasteiger partial charge in [-0.05, 0) is 56.5 Å². The number of benzene rings is 2. The molecule has 0 bridgehead atoms. The minimum absolute atomic E-state index is 0.176. The molecule has 9 nitrogen and oxygen atoms in total. The average Bonchev–Trinajstić information content (AvgIpc) is 3.07. The van der Waals surface area contributed by atoms with E-state index < -0.39 is 29.9 Å². The van der Waals surface area contributed by atoms with Gasteiger partial charge in [-0.3, -0.25) is 14.4 Å². The summed E-state index contributed by atoms with van der Waals surface area (Å²) in [6, 6.07) is 15.9. The first-order valence-corrected chi connectivity index (χ1v) is 17.6. The molecule has 0 aromatic heterocycles. The summed E-state index contributed by atoms with van der Waals surface area (Å²) >= 11 is 0. The van der Waals surface area contributed by atoms with Crippen molar-refractivity contribution in [1.29, 1.82) is 0 Å². The molecule has 2 amide bonds. The summed E-state index contributed by atoms with van der Waals surface area (Å²) in [6.45, 7) is 5.79. The van der Waals surface area contributed by atoms with E-state index in [1.165, 1.54) is 57.8 Å². The lowest BCUT2D eigenvalue weighted by Crippen LogP contribution is -2.33. The van der Waals surface area contributed by atoms with Gasteiger partial charge in [0.15, 0.2) is 0 Å². The summed E-state index contributed by atoms with van der Waals surface area (Å²) in [4.78, 5) is 50.7. The van der Waals surface area contributed by atoms with Crippen LogP contribution < -0.4 is 10.6 Å². The van der Waals surface area contributed by atoms with Gasteiger partial charge in [0.1, 0.15) is 18.6 Å². The molecule has 0 saturated carbocycles. The molecule has 0 radical (unpaired) electrons. The van der Waals surface area contributed by atoms with E-state index in [0.717, 1.165) is 24.8 Å². The van der Waals surface area contributed by atoms with Crippen LogP contribution in [-0.2, 0) is 39.8 Å². The van der Waals surface area contributed by atoms with E-state index >= 15 is 0 Å². The maximum absolute atomic E-state index is 13.2. The fraction of sp³-hybridized carbons (Fsp3) is 0.579. The molecule has 260 valence electrons. The molecule has 0 fully saturated rings. The molecule has 0 spiro atoms. The van der Waals surface area contributed by atoms with E-state index in [4.69, 9.17) is 14.2 Å². The van der Waals surface area contributed by atoms with Crippen LogP contribution in [0.5, 0.6) is 0 Å². The summed E-state index contributed by atoms with van der Waals surface area (Å²) in [5, 5.41) is 5.65. The number of esters is 2. The predicted octanol–water partition coefficient (Wildman–Crippen LogP) is 8.03. The third kappa shape index (κ3) is 17.1. The molecule has 2 rings (SSSR count). The second kappa shape index (κ2) is 24.5. The third-order valence-electron chi connectivity index (χ3n) is 7.91. The fourth-order valence-electron chi connectivity index (χ4n) is 5.30. The molecule has 2 atom stereocenters. The highest BCUT2D eigenvalue weighted by Crippen LogP contribution is 2.19. The lowest BCUT2D eigenvalue weighted by molar-refractivity contribution is -0.153. The zero-order valence-electron chi connectivity index (χ0n) is 28.7. The Morgan fingerprint density at radius 1 is 0.617 bits per heavy atom. The van der Waals surface area contributed by atoms with Crippen molar-refractivity contribution >= 4 is 35.1 Å². The Bertz CT molecular complexity index is 1170. The van der Waals surface area contributed by atoms with Gasteiger partial charge < -0.3 is 24.8 Å². The zero-order valence-corrected chi connectivity index (χ0v) is 28.7. The standard InChI is InChI=1S/C38H56N2O7/c1-4-7-8-9-10-11-12-13-14-15-16-20-23-34(47-29-35(41)45-5-2)37(43)40-32-26-24-31(25-27-32)39-36(42)33(38(44)46-6-3)28-30-21-18-17-19-22-30/h17-19,21-22,24-27,33-34H,4-16,20,23,28-29H2,1-3H3,(H,39,42)(H,40,43). The highest BCUT2D eigenvalue weighted by atomic mass is 16.6. The molecule has 2 unspecified atom stereocenters. The molecule has 0 saturated heterocycles. The molecule has 2 N–H and O–H groups in total. The number of amides is 2. The predicted molar refractivity (Wildman–Crippen MR) is 186 cm³/mol. The molecule has 47 heavy (non-hydrogen) atoms. The molecule has 0 heterocycles. The van der Waals surface area contributed by atoms with Gasteiger partial charge in [-0.1, -0.05) is 114 Å². The summed E-state index contributed by atoms with van der Waals surface area (Å²) in [5.41, 5.74) is 1.84. The van der Waals surface area contributed by atoms with Crippen LogP contribution in [0.1, 0.15) is 110 Å². The van der Waals surface area contributed by atoms with Crippen LogP contribution in [0.25, 0.3) is 0 Å². The quantitative estimate of drug-likeness (QED) is 0.0633. The van der Waals surface area contributed by atoms with Crippen molar-refractivity contribution in [3.63, 3.8) is 0 Å². The lowest BCUT2D eigenvalue weighted by Gasteiger charge is -2.18. The first kappa shape index (κ1) is 39.5. The number of hydrogen-bond donors (Lipinski definition) is 2. The Labute approximate surface area is 281 Å². The molecule has 0 aliphatic carbocycles. The van der Waals surface area contributed by atoms with Crippen LogP contribution >= 0.6 is 0 Å². The van der Waals surface area contributed by atoms with Gasteiger partial charge >= 0.3 is 11.9 Å². The van der Waals surface area contributed by atoms with Crippen molar-refractivity contribution in [3.05, 3.63) is 60.2 Å². The van der Waals surface area contributed by atoms with Crippen LogP contribution in [0.2, 0.25) is 0 Å². The van der Waals surface area contributed by atoms with E-state index in [9.17, 15) is 19.2 Å². The Morgan fingerprint density at radius 2 is 1.13 bits per heavy atom. The molecular weight excluding hydrogens is 596 g/mol. The molecular formula is C38H56N2O7. The highest BCUT2D eigenvalue weighted by molar-refractivity contribution is 6.05. The Kier molecular flexibility index (Phi) is 20.5. The number of hydrogen-bond acceptors (Lipinski definition) is 7. The highest BCUT2D eigenvalue weighted by Gasteiger charge is 2.28. The van der Waals surface area contributed by atoms with Gasteiger partial charge in [0.05, 0.1) is 13.2 Å². The zero-order chi connectivity index (χ0) is 34.1. The smallest absolute Gasteiger partial charge is 0.332 e. The van der Waals surface area contributed by atoms with Crippen LogP contribution in [0.15, 0.2) is 54.6 Å². The van der Waals surface area contributed by atoms with Crippen molar-refractivity contribution in [1.82, 2.24) is 0 Å². The van der Waals surface area contributed by atoms with Gasteiger partial charge in [-0.25, -0.2) is 4.79 Å². The molecule has 0 aliphatic rings. The van der Waals surface area contributed by atoms with Gasteiger partial charge in [-0.15, -0.1) is 0 Å². The van der Waals surface area contributed by atoms with Gasteiger partial charge in [0.2, 0.25) is 5.91 Å². The second-order valence-electron chi connectivity index (χ2n) is 11.8. The minimum Gasteiger partial charge on any atom is -0.465 e. The SMILES string of the molecule is CCCCCCCCCCCCCCC(OCC(=O)OCC)C(=O)Nc1ccc(NC(=O)C(Cc2ccccc2)C(=O)OCC)cc1. The van der Waals surface area contributed by atoms with Crippen LogP contribution in [0.4, 0.5) is 11.4 Å². The van der Waals surface area contributed by atoms with E-state index in [0.29, 0.717) is 17.8 Å². The van der Waals surface area contributed by atoms with E-state index in [2.05, 4.69) is 17.6 Å². The summed E-state index contributed by atoms with van der Waals surface area (Å²) < 4.78 is 15.8. The third-order valence-corrected chi connectivity index (χ3v) is 7.91. The maximum atomic E-state index is 13.2. The van der Waals surface area contributed by atoms with E-state index in [1.54, 1.807) is 38.1 Å². The van der Waals surface area contributed by atoms with E-state index in [-0.39, 0.29) is 32.1 Å². The molecule has 9 heteroatoms. The number of rotatable bonds is 25. The minimum atomic E-state index is -1.01. The van der Waals surface area contributed by atoms with Crippen LogP contribution in [0, 0.1) is 5.92 Å². The molecule has 0 aliphatic heterocycles. The van der Waals surface area contributed by atoms with Crippen molar-refractivity contribution in [2.45, 2.75) is 117 Å². The number of ether oxygens (including phenoxy) is 3. The number of carbonyl (C=O) groups excluding carboxylic acids is 4. The maximum Gasteiger partial charge on any atom is 0.332 e. The van der Waals surface area contributed by atoms with Gasteiger partial charge in [0, 0.05) is 11.4 Å². The largest absolute Gasteiger partial charge is 0.465 e. The summed E-state index contributed by atoms with van der Waals surface area (Å²) in [5.74, 6) is -2.92. The number of nitrogens with one attached hydrogen (secondary N) is 2. The second-order valence-corrected chi connectivity index (χ2v) is 11.8. The number of carbonyl (C=O) groups is 4. The summed E-state index contributed by atoms with van der Waals surface area (Å²) in [6.07, 6.45) is 14.5. The topological polar surface area (TPSA) is 120 Å². The monoisotopic (exact) mass is 652 g/mol. The molecule has 2 aromatic carbocycles. The lowest BCUT2D eigenvalue weighted by atomic mass is 9.98. The van der Waals surface area contributed by atoms with Gasteiger partial charge in [-0.2, -0.15) is 0 Å². The first-order chi connectivity index (χ1) is 22.9. The van der Waals surface area contributed by atoms with Crippen molar-refractivity contribution in [3.8, 4) is 0 Å². The summed E-state index contributed by atoms with van der Waals surface area (Å²) in [7, 11) is 0. The van der Waals surface area contributed by atoms with E-state index in [1.807, 2.05) is 30.3 Å². The normalized spacial score (nSPS) is 12.1. The number of unbranched alkanes of at least 4 members (excludes halogenated alkanes) is 11. The van der Waals surface area contributed by atoms with Crippen LogP contribution in [-0.4, -0.2) is 49.7 Å². The Morgan fingerprint density at radius 3 is 1.66 bits per heavy atom. The van der Waals surface area contributed by atoms with Crippen molar-refractivity contribution < 1.29 is 33.4 Å². The fourth-order valence-corrected chi connectivity index (χ4v) is 5.30. The van der Waals surface area contributed by atoms with Crippen molar-refractivity contribution in [2.24, 2.45) is 5.92 Å². The molecule has 2 aromatic rings. The first-order valence-electron chi connectivity index (χ1n) is 17.6.